The third-order valence-corrected chi connectivity index (χ3v) is 6.65. The van der Waals surface area contributed by atoms with E-state index in [9.17, 15) is 0 Å². The van der Waals surface area contributed by atoms with E-state index in [1.54, 1.807) is 5.57 Å². The minimum absolute atomic E-state index is 0.550. The molecule has 4 unspecified atom stereocenters. The molecule has 0 aromatic rings. The molecular formula is C19H30N2. The summed E-state index contributed by atoms with van der Waals surface area (Å²) in [6.45, 7) is 4.85. The molecule has 0 aromatic heterocycles. The van der Waals surface area contributed by atoms with Crippen LogP contribution in [0.2, 0.25) is 0 Å². The average Bonchev–Trinajstić information content (AvgIpc) is 3.21. The zero-order valence-electron chi connectivity index (χ0n) is 13.4. The maximum Gasteiger partial charge on any atom is 0.0173 e. The lowest BCUT2D eigenvalue weighted by Gasteiger charge is -2.36. The summed E-state index contributed by atoms with van der Waals surface area (Å²) >= 11 is 0. The normalized spacial score (nSPS) is 40.7. The number of piperidine rings is 1. The molecule has 2 N–H and O–H groups in total. The standard InChI is InChI=1S/C19H30N2/c1-14(15-8-11-20-12-9-15)21-18-13-19(18)10-4-6-16-5-2-3-7-17(16)19/h2-3,7,14-16,18,20-21H,4-6,8-13H2,1H3. The van der Waals surface area contributed by atoms with Crippen LogP contribution in [0.4, 0.5) is 0 Å². The van der Waals surface area contributed by atoms with Crippen molar-refractivity contribution in [3.63, 3.8) is 0 Å². The molecule has 4 atom stereocenters. The molecular weight excluding hydrogens is 256 g/mol. The number of allylic oxidation sites excluding steroid dienone is 3. The van der Waals surface area contributed by atoms with Crippen LogP contribution >= 0.6 is 0 Å². The Morgan fingerprint density at radius 3 is 3.00 bits per heavy atom. The van der Waals surface area contributed by atoms with Gasteiger partial charge in [0.15, 0.2) is 0 Å². The zero-order valence-corrected chi connectivity index (χ0v) is 13.4. The molecule has 4 aliphatic rings. The van der Waals surface area contributed by atoms with Gasteiger partial charge in [-0.25, -0.2) is 0 Å². The molecule has 116 valence electrons. The Bertz CT molecular complexity index is 446. The fourth-order valence-electron chi connectivity index (χ4n) is 5.25. The number of fused-ring (bicyclic) bond motifs is 2. The predicted molar refractivity (Wildman–Crippen MR) is 88.2 cm³/mol. The molecule has 1 heterocycles. The summed E-state index contributed by atoms with van der Waals surface area (Å²) < 4.78 is 0. The first-order chi connectivity index (χ1) is 10.3. The molecule has 0 bridgehead atoms. The van der Waals surface area contributed by atoms with Crippen LogP contribution in [0.1, 0.15) is 51.9 Å². The van der Waals surface area contributed by atoms with Gasteiger partial charge in [0.2, 0.25) is 0 Å². The number of hydrogen-bond acceptors (Lipinski definition) is 2. The Balaban J connectivity index is 1.41. The third kappa shape index (κ3) is 2.51. The first-order valence-corrected chi connectivity index (χ1v) is 9.13. The van der Waals surface area contributed by atoms with E-state index in [-0.39, 0.29) is 0 Å². The minimum atomic E-state index is 0.550. The Hall–Kier alpha value is -0.600. The summed E-state index contributed by atoms with van der Waals surface area (Å²) in [5, 5.41) is 7.51. The maximum atomic E-state index is 4.02. The van der Waals surface area contributed by atoms with E-state index in [4.69, 9.17) is 0 Å². The summed E-state index contributed by atoms with van der Waals surface area (Å²) in [6, 6.07) is 1.46. The summed E-state index contributed by atoms with van der Waals surface area (Å²) in [5.41, 5.74) is 2.35. The van der Waals surface area contributed by atoms with Crippen molar-refractivity contribution < 1.29 is 0 Å². The van der Waals surface area contributed by atoms with Gasteiger partial charge in [0.05, 0.1) is 0 Å². The molecule has 3 fully saturated rings. The fraction of sp³-hybridized carbons (Fsp3) is 0.789. The highest BCUT2D eigenvalue weighted by molar-refractivity contribution is 5.37. The smallest absolute Gasteiger partial charge is 0.0173 e. The largest absolute Gasteiger partial charge is 0.317 e. The summed E-state index contributed by atoms with van der Waals surface area (Å²) in [6.07, 6.45) is 16.8. The lowest BCUT2D eigenvalue weighted by molar-refractivity contribution is 0.271. The second-order valence-corrected chi connectivity index (χ2v) is 7.83. The van der Waals surface area contributed by atoms with Gasteiger partial charge in [-0.1, -0.05) is 30.2 Å². The highest BCUT2D eigenvalue weighted by Gasteiger charge is 2.58. The van der Waals surface area contributed by atoms with Crippen LogP contribution in [0.15, 0.2) is 23.8 Å². The van der Waals surface area contributed by atoms with Crippen LogP contribution in [-0.4, -0.2) is 25.2 Å². The SMILES string of the molecule is CC(NC1CC12CCCC1CC=CC=C12)C1CCNCC1. The van der Waals surface area contributed by atoms with Crippen LogP contribution in [-0.2, 0) is 0 Å². The molecule has 21 heavy (non-hydrogen) atoms. The highest BCUT2D eigenvalue weighted by atomic mass is 15.0. The van der Waals surface area contributed by atoms with Gasteiger partial charge >= 0.3 is 0 Å². The van der Waals surface area contributed by atoms with E-state index < -0.39 is 0 Å². The topological polar surface area (TPSA) is 24.1 Å². The van der Waals surface area contributed by atoms with E-state index in [1.807, 2.05) is 0 Å². The van der Waals surface area contributed by atoms with Crippen molar-refractivity contribution in [1.82, 2.24) is 10.6 Å². The molecule has 1 aliphatic heterocycles. The lowest BCUT2D eigenvalue weighted by Crippen LogP contribution is -2.42. The monoisotopic (exact) mass is 286 g/mol. The van der Waals surface area contributed by atoms with Crippen molar-refractivity contribution in [2.24, 2.45) is 17.3 Å². The number of nitrogens with one attached hydrogen (secondary N) is 2. The molecule has 2 nitrogen and oxygen atoms in total. The Morgan fingerprint density at radius 2 is 2.14 bits per heavy atom. The lowest BCUT2D eigenvalue weighted by atomic mass is 9.71. The highest BCUT2D eigenvalue weighted by Crippen LogP contribution is 2.62. The Kier molecular flexibility index (Phi) is 3.71. The van der Waals surface area contributed by atoms with Crippen molar-refractivity contribution in [3.8, 4) is 0 Å². The van der Waals surface area contributed by atoms with Gasteiger partial charge < -0.3 is 10.6 Å². The number of rotatable bonds is 3. The maximum absolute atomic E-state index is 4.02. The molecule has 3 aliphatic carbocycles. The van der Waals surface area contributed by atoms with Crippen molar-refractivity contribution >= 4 is 0 Å². The summed E-state index contributed by atoms with van der Waals surface area (Å²) in [7, 11) is 0. The van der Waals surface area contributed by atoms with Gasteiger partial charge in [0, 0.05) is 17.5 Å². The zero-order chi connectivity index (χ0) is 14.3. The third-order valence-electron chi connectivity index (χ3n) is 6.65. The van der Waals surface area contributed by atoms with E-state index in [0.717, 1.165) is 17.9 Å². The van der Waals surface area contributed by atoms with Crippen LogP contribution < -0.4 is 10.6 Å². The minimum Gasteiger partial charge on any atom is -0.317 e. The van der Waals surface area contributed by atoms with E-state index >= 15 is 0 Å². The van der Waals surface area contributed by atoms with Gasteiger partial charge in [-0.15, -0.1) is 0 Å². The Labute approximate surface area is 129 Å². The molecule has 0 amide bonds. The summed E-state index contributed by atoms with van der Waals surface area (Å²) in [5.74, 6) is 1.74. The van der Waals surface area contributed by atoms with Crippen LogP contribution in [0, 0.1) is 17.3 Å². The molecule has 1 saturated heterocycles. The van der Waals surface area contributed by atoms with Crippen LogP contribution in [0.3, 0.4) is 0 Å². The van der Waals surface area contributed by atoms with E-state index in [1.165, 1.54) is 58.0 Å². The van der Waals surface area contributed by atoms with Crippen LogP contribution in [0.25, 0.3) is 0 Å². The van der Waals surface area contributed by atoms with Crippen LogP contribution in [0.5, 0.6) is 0 Å². The second kappa shape index (κ2) is 5.55. The average molecular weight is 286 g/mol. The van der Waals surface area contributed by atoms with E-state index in [2.05, 4.69) is 35.8 Å². The predicted octanol–water partition coefficient (Wildman–Crippen LogP) is 3.41. The second-order valence-electron chi connectivity index (χ2n) is 7.83. The fourth-order valence-corrected chi connectivity index (χ4v) is 5.25. The van der Waals surface area contributed by atoms with Gasteiger partial charge in [-0.3, -0.25) is 0 Å². The molecule has 2 saturated carbocycles. The molecule has 0 aromatic carbocycles. The van der Waals surface area contributed by atoms with Gasteiger partial charge in [0.1, 0.15) is 0 Å². The number of hydrogen-bond donors (Lipinski definition) is 2. The van der Waals surface area contributed by atoms with Gasteiger partial charge in [-0.2, -0.15) is 0 Å². The first-order valence-electron chi connectivity index (χ1n) is 9.13. The van der Waals surface area contributed by atoms with Gasteiger partial charge in [0.25, 0.3) is 0 Å². The molecule has 1 spiro atoms. The van der Waals surface area contributed by atoms with Crippen molar-refractivity contribution in [2.45, 2.75) is 64.0 Å². The molecule has 4 rings (SSSR count). The van der Waals surface area contributed by atoms with Gasteiger partial charge in [-0.05, 0) is 70.4 Å². The summed E-state index contributed by atoms with van der Waals surface area (Å²) in [4.78, 5) is 0. The Morgan fingerprint density at radius 1 is 1.29 bits per heavy atom. The van der Waals surface area contributed by atoms with Crippen molar-refractivity contribution in [2.75, 3.05) is 13.1 Å². The molecule has 2 heteroatoms. The van der Waals surface area contributed by atoms with Crippen molar-refractivity contribution in [1.29, 1.82) is 0 Å². The van der Waals surface area contributed by atoms with E-state index in [0.29, 0.717) is 11.5 Å². The van der Waals surface area contributed by atoms with Crippen molar-refractivity contribution in [3.05, 3.63) is 23.8 Å². The first kappa shape index (κ1) is 14.0. The quantitative estimate of drug-likeness (QED) is 0.831. The molecule has 0 radical (unpaired) electrons.